The number of nitrogens with zero attached hydrogens (tertiary/aromatic N) is 3. The van der Waals surface area contributed by atoms with Gasteiger partial charge in [-0.05, 0) is 36.4 Å². The van der Waals surface area contributed by atoms with Crippen LogP contribution in [-0.2, 0) is 6.54 Å². The quantitative estimate of drug-likeness (QED) is 0.526. The standard InChI is InChI=1S/C23H23N5O3/c1-29-16-3-4-18-17(11-16)21-22(26-18)23(25-13-24-21)28-8-6-27(7-9-28)12-15-2-5-19-20(10-15)31-14-30-19/h2-5,10-11,13,26H,6-9,12,14H2,1H3/p+1. The van der Waals surface area contributed by atoms with Crippen LogP contribution in [0.5, 0.6) is 17.2 Å². The molecule has 1 saturated heterocycles. The summed E-state index contributed by atoms with van der Waals surface area (Å²) in [4.78, 5) is 16.6. The summed E-state index contributed by atoms with van der Waals surface area (Å²) in [5, 5.41) is 1.06. The summed E-state index contributed by atoms with van der Waals surface area (Å²) < 4.78 is 16.3. The van der Waals surface area contributed by atoms with Crippen LogP contribution < -0.4 is 24.0 Å². The molecule has 0 atom stereocenters. The molecule has 0 saturated carbocycles. The molecule has 1 fully saturated rings. The van der Waals surface area contributed by atoms with Gasteiger partial charge in [0.25, 0.3) is 0 Å². The molecule has 8 nitrogen and oxygen atoms in total. The molecule has 2 aliphatic rings. The summed E-state index contributed by atoms with van der Waals surface area (Å²) in [6.45, 7) is 5.30. The summed E-state index contributed by atoms with van der Waals surface area (Å²) in [6.07, 6.45) is 1.66. The Morgan fingerprint density at radius 3 is 2.81 bits per heavy atom. The number of quaternary nitrogens is 1. The van der Waals surface area contributed by atoms with E-state index >= 15 is 0 Å². The van der Waals surface area contributed by atoms with Gasteiger partial charge in [-0.1, -0.05) is 0 Å². The molecule has 4 heterocycles. The van der Waals surface area contributed by atoms with Crippen molar-refractivity contribution in [3.8, 4) is 17.2 Å². The Hall–Kier alpha value is -3.52. The van der Waals surface area contributed by atoms with Crippen molar-refractivity contribution in [2.24, 2.45) is 0 Å². The third-order valence-corrected chi connectivity index (χ3v) is 6.23. The smallest absolute Gasteiger partial charge is 0.231 e. The number of methoxy groups -OCH3 is 1. The Kier molecular flexibility index (Phi) is 4.31. The molecule has 0 spiro atoms. The lowest BCUT2D eigenvalue weighted by Gasteiger charge is -2.33. The zero-order valence-electron chi connectivity index (χ0n) is 17.4. The van der Waals surface area contributed by atoms with Gasteiger partial charge in [-0.15, -0.1) is 0 Å². The van der Waals surface area contributed by atoms with Crippen molar-refractivity contribution >= 4 is 27.8 Å². The molecule has 2 aromatic carbocycles. The van der Waals surface area contributed by atoms with Gasteiger partial charge in [-0.2, -0.15) is 0 Å². The zero-order valence-corrected chi connectivity index (χ0v) is 17.4. The van der Waals surface area contributed by atoms with Crippen LogP contribution in [0.4, 0.5) is 5.82 Å². The number of nitrogens with one attached hydrogen (secondary N) is 2. The lowest BCUT2D eigenvalue weighted by atomic mass is 10.1. The first-order valence-electron chi connectivity index (χ1n) is 10.6. The van der Waals surface area contributed by atoms with Crippen LogP contribution in [0.1, 0.15) is 5.56 Å². The van der Waals surface area contributed by atoms with Crippen LogP contribution in [0.25, 0.3) is 21.9 Å². The molecule has 0 radical (unpaired) electrons. The molecular weight excluding hydrogens is 394 g/mol. The Bertz CT molecular complexity index is 1260. The normalized spacial score (nSPS) is 16.4. The number of aromatic amines is 1. The van der Waals surface area contributed by atoms with Gasteiger partial charge in [-0.3, -0.25) is 0 Å². The molecule has 2 aromatic heterocycles. The van der Waals surface area contributed by atoms with Crippen LogP contribution in [-0.4, -0.2) is 55.0 Å². The largest absolute Gasteiger partial charge is 0.497 e. The highest BCUT2D eigenvalue weighted by Crippen LogP contribution is 2.33. The zero-order chi connectivity index (χ0) is 20.8. The number of ether oxygens (including phenoxy) is 3. The number of rotatable bonds is 4. The first-order chi connectivity index (χ1) is 15.3. The highest BCUT2D eigenvalue weighted by atomic mass is 16.7. The lowest BCUT2D eigenvalue weighted by molar-refractivity contribution is -0.914. The topological polar surface area (TPSA) is 76.9 Å². The van der Waals surface area contributed by atoms with Gasteiger partial charge in [-0.25, -0.2) is 9.97 Å². The number of piperazine rings is 1. The molecule has 31 heavy (non-hydrogen) atoms. The third kappa shape index (κ3) is 3.19. The molecule has 8 heteroatoms. The molecule has 0 bridgehead atoms. The average molecular weight is 418 g/mol. The molecular formula is C23H24N5O3+. The van der Waals surface area contributed by atoms with E-state index in [9.17, 15) is 0 Å². The van der Waals surface area contributed by atoms with Crippen molar-refractivity contribution < 1.29 is 19.1 Å². The van der Waals surface area contributed by atoms with E-state index in [2.05, 4.69) is 32.0 Å². The van der Waals surface area contributed by atoms with Gasteiger partial charge >= 0.3 is 0 Å². The summed E-state index contributed by atoms with van der Waals surface area (Å²) in [5.74, 6) is 3.50. The van der Waals surface area contributed by atoms with E-state index in [1.807, 2.05) is 24.3 Å². The summed E-state index contributed by atoms with van der Waals surface area (Å²) in [7, 11) is 1.68. The van der Waals surface area contributed by atoms with E-state index in [4.69, 9.17) is 14.2 Å². The number of anilines is 1. The number of aromatic nitrogens is 3. The lowest BCUT2D eigenvalue weighted by Crippen LogP contribution is -3.13. The monoisotopic (exact) mass is 418 g/mol. The van der Waals surface area contributed by atoms with Crippen molar-refractivity contribution in [2.75, 3.05) is 45.0 Å². The molecule has 0 unspecified atom stereocenters. The second-order valence-electron chi connectivity index (χ2n) is 8.06. The van der Waals surface area contributed by atoms with Crippen LogP contribution in [0, 0.1) is 0 Å². The number of H-pyrrole nitrogens is 1. The minimum atomic E-state index is 0.318. The van der Waals surface area contributed by atoms with Crippen molar-refractivity contribution in [3.63, 3.8) is 0 Å². The first-order valence-corrected chi connectivity index (χ1v) is 10.6. The summed E-state index contributed by atoms with van der Waals surface area (Å²) in [5.41, 5.74) is 4.25. The van der Waals surface area contributed by atoms with Crippen molar-refractivity contribution in [2.45, 2.75) is 6.54 Å². The minimum absolute atomic E-state index is 0.318. The second kappa shape index (κ2) is 7.31. The molecule has 0 amide bonds. The Labute approximate surface area is 179 Å². The van der Waals surface area contributed by atoms with E-state index in [1.165, 1.54) is 5.56 Å². The number of hydrogen-bond acceptors (Lipinski definition) is 6. The van der Waals surface area contributed by atoms with E-state index in [-0.39, 0.29) is 0 Å². The van der Waals surface area contributed by atoms with E-state index < -0.39 is 0 Å². The van der Waals surface area contributed by atoms with E-state index in [1.54, 1.807) is 18.3 Å². The van der Waals surface area contributed by atoms with Crippen molar-refractivity contribution in [1.82, 2.24) is 15.0 Å². The Morgan fingerprint density at radius 2 is 1.94 bits per heavy atom. The number of benzene rings is 2. The van der Waals surface area contributed by atoms with Gasteiger partial charge in [0.1, 0.15) is 29.7 Å². The van der Waals surface area contributed by atoms with Crippen molar-refractivity contribution in [1.29, 1.82) is 0 Å². The van der Waals surface area contributed by atoms with Gasteiger partial charge in [0.2, 0.25) is 6.79 Å². The van der Waals surface area contributed by atoms with Gasteiger partial charge in [0.05, 0.1) is 33.3 Å². The highest BCUT2D eigenvalue weighted by molar-refractivity contribution is 6.08. The molecule has 158 valence electrons. The first kappa shape index (κ1) is 18.3. The van der Waals surface area contributed by atoms with Gasteiger partial charge in [0, 0.05) is 16.5 Å². The number of hydrogen-bond donors (Lipinski definition) is 2. The van der Waals surface area contributed by atoms with Crippen LogP contribution in [0.2, 0.25) is 0 Å². The van der Waals surface area contributed by atoms with E-state index in [0.29, 0.717) is 6.79 Å². The Balaban J connectivity index is 1.21. The summed E-state index contributed by atoms with van der Waals surface area (Å²) in [6, 6.07) is 12.3. The second-order valence-corrected chi connectivity index (χ2v) is 8.06. The maximum Gasteiger partial charge on any atom is 0.231 e. The fourth-order valence-electron chi connectivity index (χ4n) is 4.58. The van der Waals surface area contributed by atoms with Crippen LogP contribution >= 0.6 is 0 Å². The molecule has 0 aliphatic carbocycles. The molecule has 2 aliphatic heterocycles. The van der Waals surface area contributed by atoms with Crippen LogP contribution in [0.15, 0.2) is 42.7 Å². The molecule has 4 aromatic rings. The SMILES string of the molecule is COc1ccc2[nH]c3c(N4CC[NH+](Cc5ccc6c(c5)OCO6)CC4)ncnc3c2c1. The van der Waals surface area contributed by atoms with Crippen molar-refractivity contribution in [3.05, 3.63) is 48.3 Å². The van der Waals surface area contributed by atoms with E-state index in [0.717, 1.165) is 77.7 Å². The molecule has 6 rings (SSSR count). The predicted octanol–water partition coefficient (Wildman–Crippen LogP) is 1.75. The number of fused-ring (bicyclic) bond motifs is 4. The van der Waals surface area contributed by atoms with Gasteiger partial charge in [0.15, 0.2) is 17.3 Å². The van der Waals surface area contributed by atoms with Crippen LogP contribution in [0.3, 0.4) is 0 Å². The third-order valence-electron chi connectivity index (χ3n) is 6.23. The fraction of sp³-hybridized carbons (Fsp3) is 0.304. The van der Waals surface area contributed by atoms with Gasteiger partial charge < -0.3 is 29.0 Å². The maximum atomic E-state index is 5.52. The maximum absolute atomic E-state index is 5.52. The average Bonchev–Trinajstić information content (AvgIpc) is 3.43. The Morgan fingerprint density at radius 1 is 1.06 bits per heavy atom. The summed E-state index contributed by atoms with van der Waals surface area (Å²) >= 11 is 0. The highest BCUT2D eigenvalue weighted by Gasteiger charge is 2.24. The predicted molar refractivity (Wildman–Crippen MR) is 117 cm³/mol. The minimum Gasteiger partial charge on any atom is -0.497 e. The molecule has 2 N–H and O–H groups in total. The fourth-order valence-corrected chi connectivity index (χ4v) is 4.58.